The molecule has 11 heteroatoms. The lowest BCUT2D eigenvalue weighted by atomic mass is 10.1. The van der Waals surface area contributed by atoms with Gasteiger partial charge in [0.25, 0.3) is 11.4 Å². The summed E-state index contributed by atoms with van der Waals surface area (Å²) < 4.78 is 33.4. The van der Waals surface area contributed by atoms with Crippen molar-refractivity contribution in [3.05, 3.63) is 58.1 Å². The Labute approximate surface area is 185 Å². The van der Waals surface area contributed by atoms with Crippen molar-refractivity contribution in [2.45, 2.75) is 19.9 Å². The first-order valence-electron chi connectivity index (χ1n) is 9.98. The van der Waals surface area contributed by atoms with Crippen LogP contribution in [0.5, 0.6) is 0 Å². The third kappa shape index (κ3) is 3.11. The monoisotopic (exact) mass is 448 g/mol. The molecule has 1 unspecified atom stereocenters. The number of ether oxygens (including phenoxy) is 1. The molecule has 0 saturated carbocycles. The number of rotatable bonds is 5. The van der Waals surface area contributed by atoms with Gasteiger partial charge in [0.1, 0.15) is 40.7 Å². The number of fused-ring (bicyclic) bond motifs is 3. The van der Waals surface area contributed by atoms with E-state index in [0.29, 0.717) is 17.0 Å². The van der Waals surface area contributed by atoms with Gasteiger partial charge in [0.15, 0.2) is 5.76 Å². The normalized spacial score (nSPS) is 12.5. The van der Waals surface area contributed by atoms with Crippen molar-refractivity contribution in [3.8, 4) is 29.2 Å². The van der Waals surface area contributed by atoms with Gasteiger partial charge in [0.2, 0.25) is 5.82 Å². The van der Waals surface area contributed by atoms with Gasteiger partial charge in [0.05, 0.1) is 23.7 Å². The molecule has 5 aromatic rings. The van der Waals surface area contributed by atoms with Crippen LogP contribution in [0.15, 0.2) is 44.3 Å². The first-order chi connectivity index (χ1) is 15.9. The van der Waals surface area contributed by atoms with Gasteiger partial charge in [-0.15, -0.1) is 0 Å². The predicted molar refractivity (Wildman–Crippen MR) is 114 cm³/mol. The average Bonchev–Trinajstić information content (AvgIpc) is 3.53. The van der Waals surface area contributed by atoms with Gasteiger partial charge in [-0.05, 0) is 38.1 Å². The minimum atomic E-state index is -0.723. The molecule has 5 rings (SSSR count). The number of hydrogen-bond acceptors (Lipinski definition) is 8. The van der Waals surface area contributed by atoms with Crippen LogP contribution in [0.4, 0.5) is 4.39 Å². The van der Waals surface area contributed by atoms with Crippen LogP contribution < -0.4 is 5.56 Å². The molecule has 0 saturated heterocycles. The van der Waals surface area contributed by atoms with Crippen LogP contribution >= 0.6 is 0 Å². The summed E-state index contributed by atoms with van der Waals surface area (Å²) in [6.07, 6.45) is 1.41. The first-order valence-corrected chi connectivity index (χ1v) is 9.98. The van der Waals surface area contributed by atoms with Crippen LogP contribution in [-0.4, -0.2) is 37.8 Å². The fourth-order valence-corrected chi connectivity index (χ4v) is 3.92. The Morgan fingerprint density at radius 1 is 1.27 bits per heavy atom. The fourth-order valence-electron chi connectivity index (χ4n) is 3.92. The molecule has 0 N–H and O–H groups in total. The second-order valence-electron chi connectivity index (χ2n) is 7.53. The molecule has 166 valence electrons. The van der Waals surface area contributed by atoms with Gasteiger partial charge in [-0.3, -0.25) is 13.8 Å². The summed E-state index contributed by atoms with van der Waals surface area (Å²) in [5.74, 6) is 0.576. The molecule has 4 aromatic heterocycles. The van der Waals surface area contributed by atoms with Crippen molar-refractivity contribution < 1.29 is 18.1 Å². The number of aromatic nitrogens is 5. The Morgan fingerprint density at radius 2 is 2.09 bits per heavy atom. The molecule has 0 fully saturated rings. The van der Waals surface area contributed by atoms with E-state index in [1.807, 2.05) is 6.07 Å². The van der Waals surface area contributed by atoms with Crippen molar-refractivity contribution in [1.29, 1.82) is 5.26 Å². The van der Waals surface area contributed by atoms with Crippen molar-refractivity contribution in [3.63, 3.8) is 0 Å². The lowest BCUT2D eigenvalue weighted by Crippen LogP contribution is -2.28. The van der Waals surface area contributed by atoms with E-state index in [-0.39, 0.29) is 40.6 Å². The highest BCUT2D eigenvalue weighted by Crippen LogP contribution is 2.29. The average molecular weight is 448 g/mol. The predicted octanol–water partition coefficient (Wildman–Crippen LogP) is 3.49. The molecule has 0 amide bonds. The van der Waals surface area contributed by atoms with Gasteiger partial charge in [-0.2, -0.15) is 10.2 Å². The van der Waals surface area contributed by atoms with E-state index in [1.54, 1.807) is 26.0 Å². The summed E-state index contributed by atoms with van der Waals surface area (Å²) in [5.41, 5.74) is 0.185. The highest BCUT2D eigenvalue weighted by molar-refractivity contribution is 5.87. The Kier molecular flexibility index (Phi) is 4.79. The zero-order chi connectivity index (χ0) is 23.3. The van der Waals surface area contributed by atoms with Crippen LogP contribution in [0.3, 0.4) is 0 Å². The van der Waals surface area contributed by atoms with E-state index >= 15 is 0 Å². The SMILES string of the molecule is COCC(C)n1c(=O)c2c(-c3noc(-c4ccc(C)o4)n3)ncn2c2ccc(F)c(C#N)c21. The second-order valence-corrected chi connectivity index (χ2v) is 7.53. The zero-order valence-corrected chi connectivity index (χ0v) is 17.9. The van der Waals surface area contributed by atoms with Crippen molar-refractivity contribution >= 4 is 16.6 Å². The lowest BCUT2D eigenvalue weighted by Gasteiger charge is -2.19. The van der Waals surface area contributed by atoms with Crippen molar-refractivity contribution in [1.82, 2.24) is 24.1 Å². The Morgan fingerprint density at radius 3 is 2.79 bits per heavy atom. The highest BCUT2D eigenvalue weighted by atomic mass is 19.1. The number of benzene rings is 1. The van der Waals surface area contributed by atoms with E-state index in [4.69, 9.17) is 13.7 Å². The summed E-state index contributed by atoms with van der Waals surface area (Å²) >= 11 is 0. The van der Waals surface area contributed by atoms with Gasteiger partial charge < -0.3 is 13.7 Å². The maximum atomic E-state index is 14.5. The summed E-state index contributed by atoms with van der Waals surface area (Å²) in [6, 6.07) is 7.50. The maximum Gasteiger partial charge on any atom is 0.293 e. The number of furan rings is 1. The molecule has 10 nitrogen and oxygen atoms in total. The number of halogens is 1. The molecular weight excluding hydrogens is 431 g/mol. The third-order valence-corrected chi connectivity index (χ3v) is 5.34. The molecule has 33 heavy (non-hydrogen) atoms. The largest absolute Gasteiger partial charge is 0.456 e. The van der Waals surface area contributed by atoms with Gasteiger partial charge in [-0.1, -0.05) is 5.16 Å². The second kappa shape index (κ2) is 7.68. The number of imidazole rings is 1. The number of methoxy groups -OCH3 is 1. The maximum absolute atomic E-state index is 14.5. The quantitative estimate of drug-likeness (QED) is 0.400. The number of nitriles is 1. The van der Waals surface area contributed by atoms with Gasteiger partial charge >= 0.3 is 0 Å². The smallest absolute Gasteiger partial charge is 0.293 e. The molecule has 0 aliphatic rings. The summed E-state index contributed by atoms with van der Waals surface area (Å²) in [7, 11) is 1.50. The molecule has 0 aliphatic heterocycles. The van der Waals surface area contributed by atoms with Crippen LogP contribution in [-0.2, 0) is 4.74 Å². The van der Waals surface area contributed by atoms with Crippen molar-refractivity contribution in [2.75, 3.05) is 13.7 Å². The first kappa shape index (κ1) is 20.6. The zero-order valence-electron chi connectivity index (χ0n) is 17.9. The molecule has 0 radical (unpaired) electrons. The van der Waals surface area contributed by atoms with E-state index in [2.05, 4.69) is 15.1 Å². The van der Waals surface area contributed by atoms with Crippen LogP contribution in [0.2, 0.25) is 0 Å². The number of nitrogens with zero attached hydrogens (tertiary/aromatic N) is 6. The fraction of sp³-hybridized carbons (Fsp3) is 0.227. The molecule has 4 heterocycles. The van der Waals surface area contributed by atoms with Gasteiger partial charge in [0, 0.05) is 7.11 Å². The van der Waals surface area contributed by atoms with E-state index in [0.717, 1.165) is 0 Å². The summed E-state index contributed by atoms with van der Waals surface area (Å²) in [5, 5.41) is 13.6. The molecule has 1 aromatic carbocycles. The topological polar surface area (TPSA) is 124 Å². The third-order valence-electron chi connectivity index (χ3n) is 5.34. The minimum Gasteiger partial charge on any atom is -0.456 e. The molecule has 1 atom stereocenters. The lowest BCUT2D eigenvalue weighted by molar-refractivity contribution is 0.162. The Hall–Kier alpha value is -4.30. The Balaban J connectivity index is 1.82. The molecule has 0 bridgehead atoms. The highest BCUT2D eigenvalue weighted by Gasteiger charge is 2.25. The molecular formula is C22H17FN6O4. The summed E-state index contributed by atoms with van der Waals surface area (Å²) in [4.78, 5) is 22.4. The van der Waals surface area contributed by atoms with E-state index in [9.17, 15) is 14.4 Å². The summed E-state index contributed by atoms with van der Waals surface area (Å²) in [6.45, 7) is 3.70. The van der Waals surface area contributed by atoms with Crippen LogP contribution in [0.25, 0.3) is 39.7 Å². The molecule has 0 aliphatic carbocycles. The Bertz CT molecular complexity index is 1620. The van der Waals surface area contributed by atoms with Crippen molar-refractivity contribution in [2.24, 2.45) is 0 Å². The number of aryl methyl sites for hydroxylation is 1. The van der Waals surface area contributed by atoms with Crippen LogP contribution in [0.1, 0.15) is 24.3 Å². The van der Waals surface area contributed by atoms with Gasteiger partial charge in [-0.25, -0.2) is 9.37 Å². The standard InChI is InChI=1S/C22H17FN6O4/c1-11(9-31-3)29-18-13(8-24)14(23)5-6-15(18)28-10-25-17(19(28)22(29)30)20-26-21(33-27-20)16-7-4-12(2)32-16/h4-7,10-11H,9H2,1-3H3. The van der Waals surface area contributed by atoms with E-state index in [1.165, 1.54) is 34.5 Å². The molecule has 0 spiro atoms. The number of hydrogen-bond donors (Lipinski definition) is 0. The van der Waals surface area contributed by atoms with E-state index < -0.39 is 17.4 Å². The minimum absolute atomic E-state index is 0.0894. The van der Waals surface area contributed by atoms with Crippen LogP contribution in [0, 0.1) is 24.1 Å².